The van der Waals surface area contributed by atoms with Gasteiger partial charge in [0.25, 0.3) is 0 Å². The van der Waals surface area contributed by atoms with Gasteiger partial charge in [0.1, 0.15) is 12.7 Å². The van der Waals surface area contributed by atoms with Gasteiger partial charge in [0.2, 0.25) is 0 Å². The molecule has 3 rings (SSSR count). The highest BCUT2D eigenvalue weighted by atomic mass is 35.5. The van der Waals surface area contributed by atoms with Crippen LogP contribution in [-0.4, -0.2) is 19.7 Å². The maximum Gasteiger partial charge on any atom is 0.137 e. The predicted octanol–water partition coefficient (Wildman–Crippen LogP) is 3.15. The lowest BCUT2D eigenvalue weighted by Gasteiger charge is -2.14. The number of hydrogen-bond donors (Lipinski definition) is 1. The zero-order valence-electron chi connectivity index (χ0n) is 11.6. The summed E-state index contributed by atoms with van der Waals surface area (Å²) in [5, 5.41) is 5.28. The van der Waals surface area contributed by atoms with Crippen LogP contribution < -0.4 is 5.73 Å². The summed E-state index contributed by atoms with van der Waals surface area (Å²) in [4.78, 5) is 8.36. The Morgan fingerprint density at radius 3 is 2.68 bits per heavy atom. The van der Waals surface area contributed by atoms with Crippen LogP contribution in [0.4, 0.5) is 0 Å². The third-order valence-corrected chi connectivity index (χ3v) is 3.90. The molecule has 2 aromatic heterocycles. The molecule has 0 saturated heterocycles. The summed E-state index contributed by atoms with van der Waals surface area (Å²) in [6.07, 6.45) is 4.87. The first kappa shape index (κ1) is 15.0. The van der Waals surface area contributed by atoms with Crippen molar-refractivity contribution in [3.05, 3.63) is 64.4 Å². The topological polar surface area (TPSA) is 69.6 Å². The molecule has 0 aliphatic heterocycles. The van der Waals surface area contributed by atoms with Gasteiger partial charge in [0, 0.05) is 28.4 Å². The minimum absolute atomic E-state index is 0.353. The summed E-state index contributed by atoms with van der Waals surface area (Å²) in [6, 6.07) is 7.32. The molecule has 5 nitrogen and oxygen atoms in total. The number of benzene rings is 1. The van der Waals surface area contributed by atoms with Crippen molar-refractivity contribution in [1.29, 1.82) is 0 Å². The van der Waals surface area contributed by atoms with Crippen LogP contribution in [0.5, 0.6) is 0 Å². The molecule has 0 radical (unpaired) electrons. The van der Waals surface area contributed by atoms with E-state index < -0.39 is 0 Å². The van der Waals surface area contributed by atoms with Gasteiger partial charge in [-0.25, -0.2) is 9.67 Å². The van der Waals surface area contributed by atoms with Gasteiger partial charge in [-0.3, -0.25) is 4.98 Å². The Balaban J connectivity index is 2.08. The number of hydrogen-bond acceptors (Lipinski definition) is 4. The fourth-order valence-corrected chi connectivity index (χ4v) is 2.84. The van der Waals surface area contributed by atoms with Gasteiger partial charge in [-0.15, -0.1) is 0 Å². The fraction of sp³-hybridized carbons (Fsp3) is 0.133. The molecule has 0 fully saturated rings. The first-order valence-corrected chi connectivity index (χ1v) is 7.39. The van der Waals surface area contributed by atoms with Crippen molar-refractivity contribution >= 4 is 23.2 Å². The van der Waals surface area contributed by atoms with Crippen LogP contribution in [0.3, 0.4) is 0 Å². The van der Waals surface area contributed by atoms with E-state index in [1.165, 1.54) is 6.33 Å². The quantitative estimate of drug-likeness (QED) is 0.796. The summed E-state index contributed by atoms with van der Waals surface area (Å²) in [5.74, 6) is 0. The summed E-state index contributed by atoms with van der Waals surface area (Å²) < 4.78 is 1.70. The highest BCUT2D eigenvalue weighted by molar-refractivity contribution is 6.36. The summed E-state index contributed by atoms with van der Waals surface area (Å²) in [5.41, 5.74) is 9.56. The standard InChI is InChI=1S/C15H13Cl2N5/c16-10-1-2-12(14(17)5-10)11-3-4-20-15(13(11)6-18)7-22-9-19-8-21-22/h1-5,8-9H,6-7,18H2. The van der Waals surface area contributed by atoms with E-state index in [1.807, 2.05) is 12.1 Å². The minimum Gasteiger partial charge on any atom is -0.326 e. The number of aromatic nitrogens is 4. The molecule has 0 saturated carbocycles. The second-order valence-electron chi connectivity index (χ2n) is 4.71. The highest BCUT2D eigenvalue weighted by Crippen LogP contribution is 2.33. The highest BCUT2D eigenvalue weighted by Gasteiger charge is 2.13. The molecule has 0 bridgehead atoms. The first-order chi connectivity index (χ1) is 10.7. The Morgan fingerprint density at radius 2 is 2.00 bits per heavy atom. The van der Waals surface area contributed by atoms with Crippen molar-refractivity contribution in [3.63, 3.8) is 0 Å². The van der Waals surface area contributed by atoms with Gasteiger partial charge in [0.05, 0.1) is 12.2 Å². The molecule has 112 valence electrons. The Bertz CT molecular complexity index is 787. The fourth-order valence-electron chi connectivity index (χ4n) is 2.33. The number of nitrogens with zero attached hydrogens (tertiary/aromatic N) is 4. The minimum atomic E-state index is 0.353. The Labute approximate surface area is 137 Å². The van der Waals surface area contributed by atoms with Crippen molar-refractivity contribution in [2.24, 2.45) is 5.73 Å². The van der Waals surface area contributed by atoms with Crippen LogP contribution in [-0.2, 0) is 13.1 Å². The van der Waals surface area contributed by atoms with Crippen molar-refractivity contribution in [2.45, 2.75) is 13.1 Å². The van der Waals surface area contributed by atoms with Gasteiger partial charge in [-0.05, 0) is 29.3 Å². The SMILES string of the molecule is NCc1c(-c2ccc(Cl)cc2Cl)ccnc1Cn1cncn1. The Hall–Kier alpha value is -1.95. The molecule has 22 heavy (non-hydrogen) atoms. The van der Waals surface area contributed by atoms with Gasteiger partial charge in [-0.1, -0.05) is 29.3 Å². The number of rotatable bonds is 4. The van der Waals surface area contributed by atoms with Crippen LogP contribution in [0.15, 0.2) is 43.1 Å². The maximum atomic E-state index is 6.31. The van der Waals surface area contributed by atoms with E-state index in [-0.39, 0.29) is 0 Å². The van der Waals surface area contributed by atoms with Crippen molar-refractivity contribution in [1.82, 2.24) is 19.7 Å². The molecule has 7 heteroatoms. The van der Waals surface area contributed by atoms with Crippen LogP contribution >= 0.6 is 23.2 Å². The van der Waals surface area contributed by atoms with E-state index >= 15 is 0 Å². The van der Waals surface area contributed by atoms with Crippen LogP contribution in [0.25, 0.3) is 11.1 Å². The van der Waals surface area contributed by atoms with Gasteiger partial charge in [-0.2, -0.15) is 5.10 Å². The molecular weight excluding hydrogens is 321 g/mol. The van der Waals surface area contributed by atoms with Gasteiger partial charge >= 0.3 is 0 Å². The number of nitrogens with two attached hydrogens (primary N) is 1. The van der Waals surface area contributed by atoms with Crippen LogP contribution in [0.1, 0.15) is 11.3 Å². The molecule has 0 spiro atoms. The molecule has 2 heterocycles. The largest absolute Gasteiger partial charge is 0.326 e. The zero-order valence-corrected chi connectivity index (χ0v) is 13.1. The lowest BCUT2D eigenvalue weighted by molar-refractivity contribution is 0.664. The Morgan fingerprint density at radius 1 is 1.14 bits per heavy atom. The van der Waals surface area contributed by atoms with E-state index in [1.54, 1.807) is 29.3 Å². The van der Waals surface area contributed by atoms with E-state index in [2.05, 4.69) is 15.1 Å². The van der Waals surface area contributed by atoms with Crippen molar-refractivity contribution < 1.29 is 0 Å². The molecule has 0 atom stereocenters. The number of halogens is 2. The third-order valence-electron chi connectivity index (χ3n) is 3.35. The Kier molecular flexibility index (Phi) is 4.38. The van der Waals surface area contributed by atoms with E-state index in [4.69, 9.17) is 28.9 Å². The van der Waals surface area contributed by atoms with E-state index in [9.17, 15) is 0 Å². The molecule has 0 aliphatic rings. The van der Waals surface area contributed by atoms with Gasteiger partial charge < -0.3 is 5.73 Å². The third kappa shape index (κ3) is 2.97. The summed E-state index contributed by atoms with van der Waals surface area (Å²) >= 11 is 12.3. The second kappa shape index (κ2) is 6.44. The van der Waals surface area contributed by atoms with Crippen molar-refractivity contribution in [2.75, 3.05) is 0 Å². The maximum absolute atomic E-state index is 6.31. The molecule has 1 aromatic carbocycles. The first-order valence-electron chi connectivity index (χ1n) is 6.63. The smallest absolute Gasteiger partial charge is 0.137 e. The van der Waals surface area contributed by atoms with E-state index in [0.717, 1.165) is 22.4 Å². The number of pyridine rings is 1. The average molecular weight is 334 g/mol. The van der Waals surface area contributed by atoms with Crippen LogP contribution in [0, 0.1) is 0 Å². The predicted molar refractivity (Wildman–Crippen MR) is 86.7 cm³/mol. The lowest BCUT2D eigenvalue weighted by Crippen LogP contribution is -2.10. The summed E-state index contributed by atoms with van der Waals surface area (Å²) in [6.45, 7) is 0.859. The molecule has 0 aliphatic carbocycles. The average Bonchev–Trinajstić information content (AvgIpc) is 3.00. The molecule has 0 unspecified atom stereocenters. The lowest BCUT2D eigenvalue weighted by atomic mass is 9.99. The van der Waals surface area contributed by atoms with E-state index in [0.29, 0.717) is 23.1 Å². The zero-order chi connectivity index (χ0) is 15.5. The van der Waals surface area contributed by atoms with Crippen molar-refractivity contribution in [3.8, 4) is 11.1 Å². The molecule has 2 N–H and O–H groups in total. The molecular formula is C15H13Cl2N5. The normalized spacial score (nSPS) is 10.9. The monoisotopic (exact) mass is 333 g/mol. The molecule has 3 aromatic rings. The molecule has 0 amide bonds. The second-order valence-corrected chi connectivity index (χ2v) is 5.55. The van der Waals surface area contributed by atoms with Gasteiger partial charge in [0.15, 0.2) is 0 Å². The summed E-state index contributed by atoms with van der Waals surface area (Å²) in [7, 11) is 0. The van der Waals surface area contributed by atoms with Crippen LogP contribution in [0.2, 0.25) is 10.0 Å².